The SMILES string of the molecule is COC(=O)Cn1ncc(NCC(C)(O)CSC)c(Cl)c1=O. The van der Waals surface area contributed by atoms with E-state index in [4.69, 9.17) is 11.6 Å². The van der Waals surface area contributed by atoms with Crippen LogP contribution in [-0.4, -0.2) is 52.1 Å². The zero-order valence-electron chi connectivity index (χ0n) is 12.1. The standard InChI is InChI=1S/C12H18ClN3O4S/c1-12(19,7-21-3)6-14-8-4-15-16(5-9(17)20-2)11(18)10(8)13/h4,14,19H,5-7H2,1-3H3. The van der Waals surface area contributed by atoms with Crippen LogP contribution in [0.4, 0.5) is 5.69 Å². The van der Waals surface area contributed by atoms with E-state index in [2.05, 4.69) is 15.2 Å². The van der Waals surface area contributed by atoms with Crippen LogP contribution < -0.4 is 10.9 Å². The van der Waals surface area contributed by atoms with Gasteiger partial charge < -0.3 is 15.2 Å². The lowest BCUT2D eigenvalue weighted by molar-refractivity contribution is -0.141. The Morgan fingerprint density at radius 1 is 1.67 bits per heavy atom. The second-order valence-electron chi connectivity index (χ2n) is 4.69. The molecule has 9 heteroatoms. The lowest BCUT2D eigenvalue weighted by atomic mass is 10.1. The third kappa shape index (κ3) is 5.22. The van der Waals surface area contributed by atoms with Gasteiger partial charge in [-0.3, -0.25) is 9.59 Å². The molecule has 1 aromatic heterocycles. The van der Waals surface area contributed by atoms with E-state index in [1.807, 2.05) is 6.26 Å². The number of methoxy groups -OCH3 is 1. The van der Waals surface area contributed by atoms with Gasteiger partial charge in [0.15, 0.2) is 0 Å². The van der Waals surface area contributed by atoms with Crippen LogP contribution in [-0.2, 0) is 16.1 Å². The molecule has 0 spiro atoms. The van der Waals surface area contributed by atoms with Gasteiger partial charge in [0.25, 0.3) is 5.56 Å². The van der Waals surface area contributed by atoms with Gasteiger partial charge in [-0.25, -0.2) is 4.68 Å². The van der Waals surface area contributed by atoms with Gasteiger partial charge in [-0.15, -0.1) is 0 Å². The Morgan fingerprint density at radius 2 is 2.33 bits per heavy atom. The molecule has 0 fully saturated rings. The predicted molar refractivity (Wildman–Crippen MR) is 83.0 cm³/mol. The number of anilines is 1. The lowest BCUT2D eigenvalue weighted by Gasteiger charge is -2.23. The number of hydrogen-bond donors (Lipinski definition) is 2. The van der Waals surface area contributed by atoms with E-state index in [0.29, 0.717) is 11.4 Å². The van der Waals surface area contributed by atoms with E-state index in [-0.39, 0.29) is 18.1 Å². The molecule has 1 rings (SSSR count). The molecule has 1 atom stereocenters. The summed E-state index contributed by atoms with van der Waals surface area (Å²) in [7, 11) is 1.22. The average molecular weight is 336 g/mol. The molecule has 21 heavy (non-hydrogen) atoms. The number of rotatable bonds is 7. The first-order valence-corrected chi connectivity index (χ1v) is 7.85. The molecule has 0 saturated carbocycles. The first-order valence-electron chi connectivity index (χ1n) is 6.08. The largest absolute Gasteiger partial charge is 0.468 e. The van der Waals surface area contributed by atoms with E-state index in [9.17, 15) is 14.7 Å². The van der Waals surface area contributed by atoms with Crippen molar-refractivity contribution in [1.82, 2.24) is 9.78 Å². The van der Waals surface area contributed by atoms with Crippen molar-refractivity contribution >= 4 is 35.0 Å². The van der Waals surface area contributed by atoms with E-state index in [1.165, 1.54) is 25.1 Å². The highest BCUT2D eigenvalue weighted by Crippen LogP contribution is 2.18. The second-order valence-corrected chi connectivity index (χ2v) is 5.94. The summed E-state index contributed by atoms with van der Waals surface area (Å²) in [5.74, 6) is -0.0611. The van der Waals surface area contributed by atoms with Crippen LogP contribution >= 0.6 is 23.4 Å². The minimum absolute atomic E-state index is 0.0890. The Hall–Kier alpha value is -1.25. The molecule has 0 aliphatic carbocycles. The van der Waals surface area contributed by atoms with Crippen LogP contribution in [0, 0.1) is 0 Å². The normalized spacial score (nSPS) is 13.6. The van der Waals surface area contributed by atoms with Crippen LogP contribution in [0.15, 0.2) is 11.0 Å². The number of thioether (sulfide) groups is 1. The highest BCUT2D eigenvalue weighted by atomic mass is 35.5. The zero-order valence-corrected chi connectivity index (χ0v) is 13.6. The molecule has 1 heterocycles. The minimum Gasteiger partial charge on any atom is -0.468 e. The fraction of sp³-hybridized carbons (Fsp3) is 0.583. The van der Waals surface area contributed by atoms with E-state index in [0.717, 1.165) is 4.68 Å². The number of esters is 1. The molecule has 118 valence electrons. The summed E-state index contributed by atoms with van der Waals surface area (Å²) >= 11 is 7.46. The quantitative estimate of drug-likeness (QED) is 0.704. The molecule has 0 aromatic carbocycles. The van der Waals surface area contributed by atoms with E-state index in [1.54, 1.807) is 6.92 Å². The van der Waals surface area contributed by atoms with Gasteiger partial charge in [0.2, 0.25) is 0 Å². The topological polar surface area (TPSA) is 93.5 Å². The minimum atomic E-state index is -0.941. The van der Waals surface area contributed by atoms with Gasteiger partial charge >= 0.3 is 5.97 Å². The summed E-state index contributed by atoms with van der Waals surface area (Å²) < 4.78 is 5.38. The summed E-state index contributed by atoms with van der Waals surface area (Å²) in [4.78, 5) is 23.1. The Balaban J connectivity index is 2.85. The predicted octanol–water partition coefficient (Wildman–Crippen LogP) is 0.596. The maximum atomic E-state index is 11.9. The van der Waals surface area contributed by atoms with Crippen molar-refractivity contribution in [2.75, 3.05) is 31.0 Å². The number of aromatic nitrogens is 2. The van der Waals surface area contributed by atoms with Crippen molar-refractivity contribution < 1.29 is 14.6 Å². The van der Waals surface area contributed by atoms with Gasteiger partial charge in [0.05, 0.1) is 24.6 Å². The van der Waals surface area contributed by atoms with Gasteiger partial charge in [0, 0.05) is 12.3 Å². The van der Waals surface area contributed by atoms with Gasteiger partial charge in [0.1, 0.15) is 11.6 Å². The smallest absolute Gasteiger partial charge is 0.327 e. The molecule has 1 aromatic rings. The summed E-state index contributed by atoms with van der Waals surface area (Å²) in [5.41, 5.74) is -1.23. The molecule has 7 nitrogen and oxygen atoms in total. The molecule has 0 bridgehead atoms. The summed E-state index contributed by atoms with van der Waals surface area (Å²) in [6.07, 6.45) is 3.22. The number of nitrogens with one attached hydrogen (secondary N) is 1. The van der Waals surface area contributed by atoms with Crippen LogP contribution in [0.2, 0.25) is 5.02 Å². The van der Waals surface area contributed by atoms with E-state index < -0.39 is 17.1 Å². The third-order valence-electron chi connectivity index (χ3n) is 2.61. The van der Waals surface area contributed by atoms with Crippen molar-refractivity contribution in [2.45, 2.75) is 19.1 Å². The molecule has 0 saturated heterocycles. The molecule has 1 unspecified atom stereocenters. The summed E-state index contributed by atoms with van der Waals surface area (Å²) in [6.45, 7) is 1.59. The first kappa shape index (κ1) is 17.8. The number of ether oxygens (including phenoxy) is 1. The lowest BCUT2D eigenvalue weighted by Crippen LogP contribution is -2.36. The zero-order chi connectivity index (χ0) is 16.0. The molecular weight excluding hydrogens is 318 g/mol. The maximum Gasteiger partial charge on any atom is 0.327 e. The monoisotopic (exact) mass is 335 g/mol. The van der Waals surface area contributed by atoms with Crippen LogP contribution in [0.1, 0.15) is 6.92 Å². The first-order chi connectivity index (χ1) is 9.80. The van der Waals surface area contributed by atoms with Crippen molar-refractivity contribution in [2.24, 2.45) is 0 Å². The number of aliphatic hydroxyl groups is 1. The number of hydrogen-bond acceptors (Lipinski definition) is 7. The van der Waals surface area contributed by atoms with Crippen molar-refractivity contribution in [3.05, 3.63) is 21.6 Å². The Morgan fingerprint density at radius 3 is 2.90 bits per heavy atom. The molecule has 0 radical (unpaired) electrons. The van der Waals surface area contributed by atoms with Gasteiger partial charge in [-0.1, -0.05) is 11.6 Å². The van der Waals surface area contributed by atoms with Crippen molar-refractivity contribution in [1.29, 1.82) is 0 Å². The third-order valence-corrected chi connectivity index (χ3v) is 3.88. The molecule has 0 aliphatic rings. The number of carbonyl (C=O) groups excluding carboxylic acids is 1. The van der Waals surface area contributed by atoms with Gasteiger partial charge in [-0.2, -0.15) is 16.9 Å². The Labute approximate surface area is 131 Å². The fourth-order valence-electron chi connectivity index (χ4n) is 1.54. The van der Waals surface area contributed by atoms with Crippen molar-refractivity contribution in [3.8, 4) is 0 Å². The highest BCUT2D eigenvalue weighted by molar-refractivity contribution is 7.98. The van der Waals surface area contributed by atoms with Crippen molar-refractivity contribution in [3.63, 3.8) is 0 Å². The molecular formula is C12H18ClN3O4S. The summed E-state index contributed by atoms with van der Waals surface area (Å²) in [5, 5.41) is 16.7. The number of halogens is 1. The Kier molecular flexibility index (Phi) is 6.50. The molecule has 2 N–H and O–H groups in total. The van der Waals surface area contributed by atoms with E-state index >= 15 is 0 Å². The average Bonchev–Trinajstić information content (AvgIpc) is 2.42. The molecule has 0 aliphatic heterocycles. The number of carbonyl (C=O) groups is 1. The Bertz CT molecular complexity index is 562. The summed E-state index contributed by atoms with van der Waals surface area (Å²) in [6, 6.07) is 0. The van der Waals surface area contributed by atoms with Gasteiger partial charge in [-0.05, 0) is 13.2 Å². The second kappa shape index (κ2) is 7.67. The fourth-order valence-corrected chi connectivity index (χ4v) is 2.47. The van der Waals surface area contributed by atoms with Crippen LogP contribution in [0.25, 0.3) is 0 Å². The van der Waals surface area contributed by atoms with Crippen LogP contribution in [0.5, 0.6) is 0 Å². The van der Waals surface area contributed by atoms with Crippen LogP contribution in [0.3, 0.4) is 0 Å². The number of nitrogens with zero attached hydrogens (tertiary/aromatic N) is 2. The highest BCUT2D eigenvalue weighted by Gasteiger charge is 2.20. The molecule has 0 amide bonds. The maximum absolute atomic E-state index is 11.9.